The van der Waals surface area contributed by atoms with Gasteiger partial charge in [-0.2, -0.15) is 0 Å². The van der Waals surface area contributed by atoms with Gasteiger partial charge < -0.3 is 4.74 Å². The van der Waals surface area contributed by atoms with Crippen LogP contribution in [0.15, 0.2) is 0 Å². The van der Waals surface area contributed by atoms with Gasteiger partial charge in [0.25, 0.3) is 0 Å². The summed E-state index contributed by atoms with van der Waals surface area (Å²) in [6.07, 6.45) is 4.63. The fourth-order valence-corrected chi connectivity index (χ4v) is 3.19. The van der Waals surface area contributed by atoms with E-state index < -0.39 is 9.05 Å². The van der Waals surface area contributed by atoms with E-state index in [0.29, 0.717) is 24.5 Å². The minimum absolute atomic E-state index is 0.0891. The van der Waals surface area contributed by atoms with E-state index in [1.54, 1.807) is 0 Å². The molecule has 3 nitrogen and oxygen atoms in total. The molecule has 2 saturated heterocycles. The van der Waals surface area contributed by atoms with Gasteiger partial charge in [0.2, 0.25) is 9.05 Å². The molecule has 2 heterocycles. The second kappa shape index (κ2) is 3.41. The van der Waals surface area contributed by atoms with Gasteiger partial charge in [0, 0.05) is 10.7 Å². The Balaban J connectivity index is 1.84. The van der Waals surface area contributed by atoms with Crippen molar-refractivity contribution in [1.82, 2.24) is 0 Å². The highest BCUT2D eigenvalue weighted by atomic mass is 35.7. The van der Waals surface area contributed by atoms with Crippen molar-refractivity contribution < 1.29 is 13.2 Å². The van der Waals surface area contributed by atoms with E-state index in [9.17, 15) is 8.42 Å². The Kier molecular flexibility index (Phi) is 2.55. The smallest absolute Gasteiger partial charge is 0.232 e. The maximum absolute atomic E-state index is 10.7. The molecule has 76 valence electrons. The van der Waals surface area contributed by atoms with Crippen LogP contribution in [0.2, 0.25) is 0 Å². The van der Waals surface area contributed by atoms with Crippen LogP contribution in [0.3, 0.4) is 0 Å². The van der Waals surface area contributed by atoms with Crippen LogP contribution in [0.1, 0.15) is 25.7 Å². The lowest BCUT2D eigenvalue weighted by molar-refractivity contribution is 0.0921. The second-order valence-electron chi connectivity index (χ2n) is 3.90. The lowest BCUT2D eigenvalue weighted by atomic mass is 9.87. The number of hydrogen-bond acceptors (Lipinski definition) is 3. The predicted molar refractivity (Wildman–Crippen MR) is 50.3 cm³/mol. The van der Waals surface area contributed by atoms with Crippen LogP contribution < -0.4 is 0 Å². The van der Waals surface area contributed by atoms with Crippen molar-refractivity contribution in [3.8, 4) is 0 Å². The fourth-order valence-electron chi connectivity index (χ4n) is 2.34. The highest BCUT2D eigenvalue weighted by Gasteiger charge is 2.40. The van der Waals surface area contributed by atoms with Gasteiger partial charge in [-0.3, -0.25) is 0 Å². The van der Waals surface area contributed by atoms with Gasteiger partial charge in [-0.15, -0.1) is 0 Å². The summed E-state index contributed by atoms with van der Waals surface area (Å²) in [6, 6.07) is 0. The number of fused-ring (bicyclic) bond motifs is 2. The molecule has 0 N–H and O–H groups in total. The van der Waals surface area contributed by atoms with Crippen molar-refractivity contribution in [3.63, 3.8) is 0 Å². The third-order valence-electron chi connectivity index (χ3n) is 2.96. The normalized spacial score (nSPS) is 38.4. The van der Waals surface area contributed by atoms with Gasteiger partial charge in [-0.25, -0.2) is 8.42 Å². The molecule has 0 radical (unpaired) electrons. The quantitative estimate of drug-likeness (QED) is 0.683. The summed E-state index contributed by atoms with van der Waals surface area (Å²) in [5.41, 5.74) is 0. The molecule has 0 spiro atoms. The van der Waals surface area contributed by atoms with E-state index in [1.165, 1.54) is 0 Å². The van der Waals surface area contributed by atoms with Crippen LogP contribution >= 0.6 is 10.7 Å². The molecule has 5 heteroatoms. The first-order valence-corrected chi connectivity index (χ1v) is 7.10. The van der Waals surface area contributed by atoms with Crippen molar-refractivity contribution in [2.75, 3.05) is 5.75 Å². The van der Waals surface area contributed by atoms with E-state index in [-0.39, 0.29) is 5.75 Å². The van der Waals surface area contributed by atoms with Crippen molar-refractivity contribution in [1.29, 1.82) is 0 Å². The van der Waals surface area contributed by atoms with Gasteiger partial charge in [-0.05, 0) is 31.6 Å². The number of hydrogen-bond donors (Lipinski definition) is 0. The Bertz CT molecular complexity index is 288. The highest BCUT2D eigenvalue weighted by Crippen LogP contribution is 2.40. The zero-order valence-electron chi connectivity index (χ0n) is 7.28. The van der Waals surface area contributed by atoms with Gasteiger partial charge >= 0.3 is 0 Å². The first-order valence-electron chi connectivity index (χ1n) is 4.62. The van der Waals surface area contributed by atoms with Crippen molar-refractivity contribution in [2.45, 2.75) is 37.9 Å². The molecular formula is C8H13ClO3S. The Morgan fingerprint density at radius 2 is 2.15 bits per heavy atom. The summed E-state index contributed by atoms with van der Waals surface area (Å²) < 4.78 is 27.0. The SMILES string of the molecule is O=S(=O)(Cl)CCC1CC2CCC1O2. The van der Waals surface area contributed by atoms with Gasteiger partial charge in [-0.1, -0.05) is 0 Å². The van der Waals surface area contributed by atoms with Gasteiger partial charge in [0.15, 0.2) is 0 Å². The third-order valence-corrected chi connectivity index (χ3v) is 4.15. The molecule has 2 rings (SSSR count). The third kappa shape index (κ3) is 2.36. The largest absolute Gasteiger partial charge is 0.375 e. The summed E-state index contributed by atoms with van der Waals surface area (Å²) in [5.74, 6) is 0.512. The number of ether oxygens (including phenoxy) is 1. The summed E-state index contributed by atoms with van der Waals surface area (Å²) in [4.78, 5) is 0. The van der Waals surface area contributed by atoms with Crippen molar-refractivity contribution in [2.24, 2.45) is 5.92 Å². The van der Waals surface area contributed by atoms with Crippen LogP contribution in [0.25, 0.3) is 0 Å². The van der Waals surface area contributed by atoms with Crippen molar-refractivity contribution >= 4 is 19.7 Å². The van der Waals surface area contributed by atoms with Gasteiger partial charge in [0.05, 0.1) is 18.0 Å². The van der Waals surface area contributed by atoms with E-state index in [2.05, 4.69) is 0 Å². The first-order chi connectivity index (χ1) is 6.04. The van der Waals surface area contributed by atoms with Crippen LogP contribution in [-0.4, -0.2) is 26.4 Å². The molecule has 0 saturated carbocycles. The Hall–Kier alpha value is 0.200. The van der Waals surface area contributed by atoms with Crippen LogP contribution in [0, 0.1) is 5.92 Å². The predicted octanol–water partition coefficient (Wildman–Crippen LogP) is 1.51. The number of rotatable bonds is 3. The van der Waals surface area contributed by atoms with Gasteiger partial charge in [0.1, 0.15) is 0 Å². The molecule has 13 heavy (non-hydrogen) atoms. The Morgan fingerprint density at radius 1 is 1.38 bits per heavy atom. The summed E-state index contributed by atoms with van der Waals surface area (Å²) in [5, 5.41) is 0. The molecule has 3 atom stereocenters. The molecule has 0 aromatic heterocycles. The summed E-state index contributed by atoms with van der Waals surface area (Å²) >= 11 is 0. The summed E-state index contributed by atoms with van der Waals surface area (Å²) in [6.45, 7) is 0. The fraction of sp³-hybridized carbons (Fsp3) is 1.00. The van der Waals surface area contributed by atoms with E-state index in [1.807, 2.05) is 0 Å². The molecule has 0 aliphatic carbocycles. The molecule has 0 aromatic rings. The van der Waals surface area contributed by atoms with E-state index in [0.717, 1.165) is 19.3 Å². The maximum Gasteiger partial charge on any atom is 0.232 e. The first kappa shape index (κ1) is 9.74. The monoisotopic (exact) mass is 224 g/mol. The topological polar surface area (TPSA) is 43.4 Å². The molecule has 3 unspecified atom stereocenters. The lowest BCUT2D eigenvalue weighted by Crippen LogP contribution is -2.18. The summed E-state index contributed by atoms with van der Waals surface area (Å²) in [7, 11) is 1.83. The maximum atomic E-state index is 10.7. The van der Waals surface area contributed by atoms with Crippen LogP contribution in [0.4, 0.5) is 0 Å². The van der Waals surface area contributed by atoms with Crippen LogP contribution in [-0.2, 0) is 13.8 Å². The molecule has 0 aromatic carbocycles. The molecule has 2 aliphatic rings. The van der Waals surface area contributed by atoms with Crippen LogP contribution in [0.5, 0.6) is 0 Å². The standard InChI is InChI=1S/C8H13ClO3S/c9-13(10,11)4-3-6-5-7-1-2-8(6)12-7/h6-8H,1-5H2. The van der Waals surface area contributed by atoms with E-state index in [4.69, 9.17) is 15.4 Å². The highest BCUT2D eigenvalue weighted by molar-refractivity contribution is 8.13. The number of halogens is 1. The van der Waals surface area contributed by atoms with Crippen molar-refractivity contribution in [3.05, 3.63) is 0 Å². The average molecular weight is 225 g/mol. The second-order valence-corrected chi connectivity index (χ2v) is 6.80. The lowest BCUT2D eigenvalue weighted by Gasteiger charge is -2.16. The molecule has 2 fully saturated rings. The molecule has 0 amide bonds. The molecule has 2 bridgehead atoms. The minimum Gasteiger partial charge on any atom is -0.375 e. The zero-order valence-corrected chi connectivity index (χ0v) is 8.85. The Morgan fingerprint density at radius 3 is 2.62 bits per heavy atom. The minimum atomic E-state index is -3.31. The molecular weight excluding hydrogens is 212 g/mol. The average Bonchev–Trinajstić information content (AvgIpc) is 2.58. The van der Waals surface area contributed by atoms with E-state index >= 15 is 0 Å². The zero-order chi connectivity index (χ0) is 9.47. The molecule has 2 aliphatic heterocycles. The Labute approximate surface area is 82.8 Å².